The average molecular weight is 236 g/mol. The number of rotatable bonds is 5. The topological polar surface area (TPSA) is 15.3 Å². The summed E-state index contributed by atoms with van der Waals surface area (Å²) < 4.78 is 0. The van der Waals surface area contributed by atoms with Crippen LogP contribution in [0, 0.1) is 0 Å². The first-order valence-electron chi connectivity index (χ1n) is 5.95. The molecule has 0 radical (unpaired) electrons. The van der Waals surface area contributed by atoms with E-state index in [1.165, 1.54) is 30.2 Å². The van der Waals surface area contributed by atoms with Crippen LogP contribution in [0.1, 0.15) is 6.42 Å². The van der Waals surface area contributed by atoms with Crippen LogP contribution in [0.15, 0.2) is 35.2 Å². The minimum atomic E-state index is 0.747. The Hall–Kier alpha value is -0.510. The van der Waals surface area contributed by atoms with Gasteiger partial charge in [-0.25, -0.2) is 0 Å². The SMILES string of the molecule is CN(CCSc1ccccc1)C1CCNC1. The lowest BCUT2D eigenvalue weighted by molar-refractivity contribution is 0.273. The van der Waals surface area contributed by atoms with Gasteiger partial charge < -0.3 is 10.2 Å². The number of hydrogen-bond donors (Lipinski definition) is 1. The molecule has 16 heavy (non-hydrogen) atoms. The molecule has 0 aromatic heterocycles. The molecule has 1 aliphatic rings. The van der Waals surface area contributed by atoms with Crippen LogP contribution >= 0.6 is 11.8 Å². The van der Waals surface area contributed by atoms with Crippen LogP contribution in [0.5, 0.6) is 0 Å². The summed E-state index contributed by atoms with van der Waals surface area (Å²) in [6.45, 7) is 3.51. The van der Waals surface area contributed by atoms with Crippen LogP contribution in [0.3, 0.4) is 0 Å². The minimum Gasteiger partial charge on any atom is -0.315 e. The molecule has 0 aliphatic carbocycles. The van der Waals surface area contributed by atoms with E-state index in [2.05, 4.69) is 47.6 Å². The third-order valence-corrected chi connectivity index (χ3v) is 4.11. The number of nitrogens with one attached hydrogen (secondary N) is 1. The Bertz CT molecular complexity index is 296. The lowest BCUT2D eigenvalue weighted by Gasteiger charge is -2.22. The molecular weight excluding hydrogens is 216 g/mol. The van der Waals surface area contributed by atoms with Gasteiger partial charge in [-0.15, -0.1) is 11.8 Å². The van der Waals surface area contributed by atoms with Crippen LogP contribution in [0.25, 0.3) is 0 Å². The van der Waals surface area contributed by atoms with Gasteiger partial charge in [0.1, 0.15) is 0 Å². The van der Waals surface area contributed by atoms with Gasteiger partial charge in [-0.2, -0.15) is 0 Å². The maximum Gasteiger partial charge on any atom is 0.0230 e. The van der Waals surface area contributed by atoms with E-state index in [4.69, 9.17) is 0 Å². The fraction of sp³-hybridized carbons (Fsp3) is 0.538. The summed E-state index contributed by atoms with van der Waals surface area (Å²) in [5, 5.41) is 3.41. The van der Waals surface area contributed by atoms with E-state index in [0.717, 1.165) is 12.6 Å². The van der Waals surface area contributed by atoms with Crippen molar-refractivity contribution in [2.24, 2.45) is 0 Å². The molecule has 1 N–H and O–H groups in total. The van der Waals surface area contributed by atoms with Gasteiger partial charge in [0.25, 0.3) is 0 Å². The Labute approximate surface area is 102 Å². The predicted octanol–water partition coefficient (Wildman–Crippen LogP) is 2.07. The van der Waals surface area contributed by atoms with Gasteiger partial charge in [-0.3, -0.25) is 0 Å². The lowest BCUT2D eigenvalue weighted by atomic mass is 10.2. The molecule has 1 atom stereocenters. The molecular formula is C13H20N2S. The molecule has 1 unspecified atom stereocenters. The van der Waals surface area contributed by atoms with Gasteiger partial charge >= 0.3 is 0 Å². The third kappa shape index (κ3) is 3.51. The van der Waals surface area contributed by atoms with Crippen molar-refractivity contribution in [3.63, 3.8) is 0 Å². The van der Waals surface area contributed by atoms with Crippen LogP contribution in [-0.2, 0) is 0 Å². The van der Waals surface area contributed by atoms with Crippen molar-refractivity contribution >= 4 is 11.8 Å². The number of benzene rings is 1. The normalized spacial score (nSPS) is 20.5. The molecule has 2 nitrogen and oxygen atoms in total. The van der Waals surface area contributed by atoms with E-state index >= 15 is 0 Å². The smallest absolute Gasteiger partial charge is 0.0230 e. The fourth-order valence-electron chi connectivity index (χ4n) is 2.02. The number of likely N-dealkylation sites (N-methyl/N-ethyl adjacent to an activating group) is 1. The Morgan fingerprint density at radius 1 is 1.38 bits per heavy atom. The van der Waals surface area contributed by atoms with Crippen molar-refractivity contribution in [2.45, 2.75) is 17.4 Å². The maximum atomic E-state index is 3.41. The van der Waals surface area contributed by atoms with Gasteiger partial charge in [0.15, 0.2) is 0 Å². The highest BCUT2D eigenvalue weighted by Crippen LogP contribution is 2.17. The van der Waals surface area contributed by atoms with Crippen molar-refractivity contribution in [1.82, 2.24) is 10.2 Å². The van der Waals surface area contributed by atoms with E-state index in [-0.39, 0.29) is 0 Å². The third-order valence-electron chi connectivity index (χ3n) is 3.11. The van der Waals surface area contributed by atoms with Gasteiger partial charge in [-0.1, -0.05) is 18.2 Å². The summed E-state index contributed by atoms with van der Waals surface area (Å²) in [5.41, 5.74) is 0. The standard InChI is InChI=1S/C13H20N2S/c1-15(12-7-8-14-11-12)9-10-16-13-5-3-2-4-6-13/h2-6,12,14H,7-11H2,1H3. The molecule has 88 valence electrons. The lowest BCUT2D eigenvalue weighted by Crippen LogP contribution is -2.34. The van der Waals surface area contributed by atoms with Gasteiger partial charge in [0.05, 0.1) is 0 Å². The first-order valence-corrected chi connectivity index (χ1v) is 6.93. The zero-order chi connectivity index (χ0) is 11.2. The van der Waals surface area contributed by atoms with Crippen LogP contribution in [0.2, 0.25) is 0 Å². The average Bonchev–Trinajstić information content (AvgIpc) is 2.84. The van der Waals surface area contributed by atoms with Crippen molar-refractivity contribution < 1.29 is 0 Å². The Kier molecular flexibility index (Phi) is 4.69. The summed E-state index contributed by atoms with van der Waals surface area (Å²) in [6, 6.07) is 11.4. The first-order chi connectivity index (χ1) is 7.86. The van der Waals surface area contributed by atoms with Crippen LogP contribution < -0.4 is 5.32 Å². The number of nitrogens with zero attached hydrogens (tertiary/aromatic N) is 1. The number of hydrogen-bond acceptors (Lipinski definition) is 3. The second-order valence-electron chi connectivity index (χ2n) is 4.29. The second kappa shape index (κ2) is 6.28. The van der Waals surface area contributed by atoms with Crippen LogP contribution in [-0.4, -0.2) is 43.4 Å². The van der Waals surface area contributed by atoms with Gasteiger partial charge in [-0.05, 0) is 32.1 Å². The fourth-order valence-corrected chi connectivity index (χ4v) is 2.99. The van der Waals surface area contributed by atoms with Gasteiger partial charge in [0, 0.05) is 29.8 Å². The Morgan fingerprint density at radius 2 is 2.19 bits per heavy atom. The Balaban J connectivity index is 1.67. The molecule has 1 aromatic carbocycles. The predicted molar refractivity (Wildman–Crippen MR) is 71.1 cm³/mol. The molecule has 1 fully saturated rings. The number of thioether (sulfide) groups is 1. The second-order valence-corrected chi connectivity index (χ2v) is 5.46. The summed E-state index contributed by atoms with van der Waals surface area (Å²) in [7, 11) is 2.24. The van der Waals surface area contributed by atoms with E-state index < -0.39 is 0 Å². The minimum absolute atomic E-state index is 0.747. The van der Waals surface area contributed by atoms with Gasteiger partial charge in [0.2, 0.25) is 0 Å². The first kappa shape index (κ1) is 12.0. The van der Waals surface area contributed by atoms with E-state index in [0.29, 0.717) is 0 Å². The zero-order valence-electron chi connectivity index (χ0n) is 9.86. The molecule has 0 saturated carbocycles. The van der Waals surface area contributed by atoms with Crippen molar-refractivity contribution in [1.29, 1.82) is 0 Å². The molecule has 3 heteroatoms. The molecule has 1 aromatic rings. The van der Waals surface area contributed by atoms with E-state index in [9.17, 15) is 0 Å². The Morgan fingerprint density at radius 3 is 2.88 bits per heavy atom. The molecule has 0 amide bonds. The summed E-state index contributed by atoms with van der Waals surface area (Å²) in [6.07, 6.45) is 1.30. The van der Waals surface area contributed by atoms with Crippen LogP contribution in [0.4, 0.5) is 0 Å². The van der Waals surface area contributed by atoms with E-state index in [1.54, 1.807) is 0 Å². The molecule has 1 aliphatic heterocycles. The highest BCUT2D eigenvalue weighted by molar-refractivity contribution is 7.99. The molecule has 1 heterocycles. The summed E-state index contributed by atoms with van der Waals surface area (Å²) >= 11 is 1.95. The highest BCUT2D eigenvalue weighted by Gasteiger charge is 2.18. The molecule has 2 rings (SSSR count). The molecule has 0 bridgehead atoms. The quantitative estimate of drug-likeness (QED) is 0.788. The summed E-state index contributed by atoms with van der Waals surface area (Å²) in [4.78, 5) is 3.86. The van der Waals surface area contributed by atoms with Crippen molar-refractivity contribution in [3.05, 3.63) is 30.3 Å². The van der Waals surface area contributed by atoms with E-state index in [1.807, 2.05) is 11.8 Å². The maximum absolute atomic E-state index is 3.41. The molecule has 1 saturated heterocycles. The zero-order valence-corrected chi connectivity index (χ0v) is 10.7. The monoisotopic (exact) mass is 236 g/mol. The molecule has 0 spiro atoms. The highest BCUT2D eigenvalue weighted by atomic mass is 32.2. The summed E-state index contributed by atoms with van der Waals surface area (Å²) in [5.74, 6) is 1.18. The largest absolute Gasteiger partial charge is 0.315 e. The van der Waals surface area contributed by atoms with Crippen molar-refractivity contribution in [3.8, 4) is 0 Å². The van der Waals surface area contributed by atoms with Crippen molar-refractivity contribution in [2.75, 3.05) is 32.4 Å².